The van der Waals surface area contributed by atoms with Crippen molar-refractivity contribution >= 4 is 38.8 Å². The van der Waals surface area contributed by atoms with E-state index >= 15 is 0 Å². The number of carbonyl (C=O) groups excluding carboxylic acids is 2. The van der Waals surface area contributed by atoms with Gasteiger partial charge < -0.3 is 15.2 Å². The molecule has 0 saturated heterocycles. The SMILES string of the molecule is Cn1c(CNC(=O)CCNC(=O)c2ccc(Br)cc2)nc2ccccc21. The van der Waals surface area contributed by atoms with Gasteiger partial charge in [0.05, 0.1) is 17.6 Å². The highest BCUT2D eigenvalue weighted by Gasteiger charge is 2.10. The lowest BCUT2D eigenvalue weighted by Gasteiger charge is -2.07. The van der Waals surface area contributed by atoms with E-state index in [0.29, 0.717) is 12.1 Å². The zero-order valence-corrected chi connectivity index (χ0v) is 15.9. The summed E-state index contributed by atoms with van der Waals surface area (Å²) in [6, 6.07) is 14.9. The molecule has 2 N–H and O–H groups in total. The number of rotatable bonds is 6. The zero-order chi connectivity index (χ0) is 18.5. The van der Waals surface area contributed by atoms with Crippen LogP contribution in [0.1, 0.15) is 22.6 Å². The molecule has 0 saturated carbocycles. The molecule has 0 bridgehead atoms. The second-order valence-electron chi connectivity index (χ2n) is 5.87. The molecule has 7 heteroatoms. The Labute approximate surface area is 159 Å². The second kappa shape index (κ2) is 8.14. The van der Waals surface area contributed by atoms with Crippen LogP contribution in [0.25, 0.3) is 11.0 Å². The molecule has 3 rings (SSSR count). The van der Waals surface area contributed by atoms with Gasteiger partial charge in [0.25, 0.3) is 5.91 Å². The average Bonchev–Trinajstić information content (AvgIpc) is 2.97. The summed E-state index contributed by atoms with van der Waals surface area (Å²) in [6.45, 7) is 0.633. The Kier molecular flexibility index (Phi) is 5.68. The minimum Gasteiger partial charge on any atom is -0.352 e. The van der Waals surface area contributed by atoms with E-state index in [2.05, 4.69) is 31.5 Å². The normalized spacial score (nSPS) is 10.7. The summed E-state index contributed by atoms with van der Waals surface area (Å²) in [5.41, 5.74) is 2.49. The fourth-order valence-corrected chi connectivity index (χ4v) is 2.88. The van der Waals surface area contributed by atoms with E-state index in [-0.39, 0.29) is 24.8 Å². The van der Waals surface area contributed by atoms with Gasteiger partial charge in [-0.3, -0.25) is 9.59 Å². The molecular formula is C19H19BrN4O2. The third kappa shape index (κ3) is 4.29. The molecule has 1 aromatic heterocycles. The van der Waals surface area contributed by atoms with Gasteiger partial charge in [0.2, 0.25) is 5.91 Å². The first-order valence-corrected chi connectivity index (χ1v) is 9.04. The van der Waals surface area contributed by atoms with Crippen LogP contribution in [0, 0.1) is 0 Å². The minimum absolute atomic E-state index is 0.131. The minimum atomic E-state index is -0.194. The van der Waals surface area contributed by atoms with Gasteiger partial charge in [-0.05, 0) is 36.4 Å². The summed E-state index contributed by atoms with van der Waals surface area (Å²) in [4.78, 5) is 28.5. The van der Waals surface area contributed by atoms with Gasteiger partial charge in [0.15, 0.2) is 0 Å². The Morgan fingerprint density at radius 2 is 1.81 bits per heavy atom. The van der Waals surface area contributed by atoms with Crippen LogP contribution in [0.15, 0.2) is 53.0 Å². The maximum Gasteiger partial charge on any atom is 0.251 e. The Morgan fingerprint density at radius 1 is 1.08 bits per heavy atom. The van der Waals surface area contributed by atoms with Crippen LogP contribution in [0.5, 0.6) is 0 Å². The number of aromatic nitrogens is 2. The predicted molar refractivity (Wildman–Crippen MR) is 104 cm³/mol. The lowest BCUT2D eigenvalue weighted by molar-refractivity contribution is -0.121. The van der Waals surface area contributed by atoms with Gasteiger partial charge in [-0.2, -0.15) is 0 Å². The number of amides is 2. The van der Waals surface area contributed by atoms with E-state index < -0.39 is 0 Å². The number of carbonyl (C=O) groups is 2. The fraction of sp³-hybridized carbons (Fsp3) is 0.211. The number of nitrogens with zero attached hydrogens (tertiary/aromatic N) is 2. The summed E-state index contributed by atoms with van der Waals surface area (Å²) in [6.07, 6.45) is 0.214. The Bertz CT molecular complexity index is 934. The average molecular weight is 415 g/mol. The van der Waals surface area contributed by atoms with Crippen LogP contribution in [0.4, 0.5) is 0 Å². The topological polar surface area (TPSA) is 76.0 Å². The molecule has 0 fully saturated rings. The van der Waals surface area contributed by atoms with Crippen LogP contribution < -0.4 is 10.6 Å². The Morgan fingerprint density at radius 3 is 2.54 bits per heavy atom. The molecule has 0 unspecified atom stereocenters. The monoisotopic (exact) mass is 414 g/mol. The smallest absolute Gasteiger partial charge is 0.251 e. The van der Waals surface area contributed by atoms with Gasteiger partial charge in [-0.15, -0.1) is 0 Å². The standard InChI is InChI=1S/C19H19BrN4O2/c1-24-16-5-3-2-4-15(16)23-17(24)12-22-18(25)10-11-21-19(26)13-6-8-14(20)9-7-13/h2-9H,10-12H2,1H3,(H,21,26)(H,22,25). The molecule has 0 spiro atoms. The van der Waals surface area contributed by atoms with E-state index in [4.69, 9.17) is 0 Å². The van der Waals surface area contributed by atoms with Crippen molar-refractivity contribution in [2.75, 3.05) is 6.54 Å². The number of fused-ring (bicyclic) bond motifs is 1. The number of hydrogen-bond donors (Lipinski definition) is 2. The van der Waals surface area contributed by atoms with Crippen LogP contribution in [0.2, 0.25) is 0 Å². The van der Waals surface area contributed by atoms with Crippen molar-refractivity contribution in [3.05, 3.63) is 64.4 Å². The number of aryl methyl sites for hydroxylation is 1. The van der Waals surface area contributed by atoms with E-state index in [1.165, 1.54) is 0 Å². The van der Waals surface area contributed by atoms with Crippen molar-refractivity contribution in [1.29, 1.82) is 0 Å². The number of hydrogen-bond acceptors (Lipinski definition) is 3. The lowest BCUT2D eigenvalue weighted by atomic mass is 10.2. The molecule has 26 heavy (non-hydrogen) atoms. The third-order valence-electron chi connectivity index (χ3n) is 4.07. The first kappa shape index (κ1) is 18.1. The molecule has 1 heterocycles. The largest absolute Gasteiger partial charge is 0.352 e. The maximum atomic E-state index is 12.0. The highest BCUT2D eigenvalue weighted by Crippen LogP contribution is 2.14. The van der Waals surface area contributed by atoms with Crippen molar-refractivity contribution in [1.82, 2.24) is 20.2 Å². The summed E-state index contributed by atoms with van der Waals surface area (Å²) in [7, 11) is 1.93. The van der Waals surface area contributed by atoms with Gasteiger partial charge in [-0.25, -0.2) is 4.98 Å². The van der Waals surface area contributed by atoms with Gasteiger partial charge in [-0.1, -0.05) is 28.1 Å². The van der Waals surface area contributed by atoms with Crippen LogP contribution >= 0.6 is 15.9 Å². The predicted octanol–water partition coefficient (Wildman–Crippen LogP) is 2.77. The molecule has 134 valence electrons. The molecule has 0 radical (unpaired) electrons. The molecular weight excluding hydrogens is 396 g/mol. The van der Waals surface area contributed by atoms with Gasteiger partial charge in [0.1, 0.15) is 5.82 Å². The highest BCUT2D eigenvalue weighted by atomic mass is 79.9. The molecule has 2 aromatic carbocycles. The molecule has 3 aromatic rings. The van der Waals surface area contributed by atoms with Crippen LogP contribution in [-0.2, 0) is 18.4 Å². The molecule has 2 amide bonds. The van der Waals surface area contributed by atoms with E-state index in [0.717, 1.165) is 21.3 Å². The lowest BCUT2D eigenvalue weighted by Crippen LogP contribution is -2.31. The van der Waals surface area contributed by atoms with Crippen molar-refractivity contribution < 1.29 is 9.59 Å². The number of benzene rings is 2. The van der Waals surface area contributed by atoms with E-state index in [1.807, 2.05) is 35.9 Å². The van der Waals surface area contributed by atoms with Gasteiger partial charge >= 0.3 is 0 Å². The van der Waals surface area contributed by atoms with Crippen LogP contribution in [-0.4, -0.2) is 27.9 Å². The summed E-state index contributed by atoms with van der Waals surface area (Å²) in [5, 5.41) is 5.59. The Hall–Kier alpha value is -2.67. The molecule has 0 aliphatic carbocycles. The third-order valence-corrected chi connectivity index (χ3v) is 4.60. The quantitative estimate of drug-likeness (QED) is 0.650. The molecule has 0 aliphatic heterocycles. The van der Waals surface area contributed by atoms with Gasteiger partial charge in [0, 0.05) is 30.0 Å². The van der Waals surface area contributed by atoms with Crippen molar-refractivity contribution in [2.45, 2.75) is 13.0 Å². The summed E-state index contributed by atoms with van der Waals surface area (Å²) in [5.74, 6) is 0.465. The molecule has 0 aliphatic rings. The highest BCUT2D eigenvalue weighted by molar-refractivity contribution is 9.10. The van der Waals surface area contributed by atoms with E-state index in [9.17, 15) is 9.59 Å². The molecule has 6 nitrogen and oxygen atoms in total. The van der Waals surface area contributed by atoms with Crippen molar-refractivity contribution in [2.24, 2.45) is 7.05 Å². The van der Waals surface area contributed by atoms with Crippen molar-refractivity contribution in [3.63, 3.8) is 0 Å². The number of imidazole rings is 1. The number of para-hydroxylation sites is 2. The summed E-state index contributed by atoms with van der Waals surface area (Å²) >= 11 is 3.33. The first-order valence-electron chi connectivity index (χ1n) is 8.25. The van der Waals surface area contributed by atoms with Crippen molar-refractivity contribution in [3.8, 4) is 0 Å². The number of halogens is 1. The molecule has 0 atom stereocenters. The second-order valence-corrected chi connectivity index (χ2v) is 6.78. The Balaban J connectivity index is 1.46. The fourth-order valence-electron chi connectivity index (χ4n) is 2.61. The number of nitrogens with one attached hydrogen (secondary N) is 2. The van der Waals surface area contributed by atoms with Crippen LogP contribution in [0.3, 0.4) is 0 Å². The summed E-state index contributed by atoms with van der Waals surface area (Å²) < 4.78 is 2.88. The maximum absolute atomic E-state index is 12.0. The first-order chi connectivity index (χ1) is 12.5. The van der Waals surface area contributed by atoms with E-state index in [1.54, 1.807) is 24.3 Å². The zero-order valence-electron chi connectivity index (χ0n) is 14.3.